The van der Waals surface area contributed by atoms with Gasteiger partial charge < -0.3 is 15.0 Å². The first-order valence-electron chi connectivity index (χ1n) is 9.20. The lowest BCUT2D eigenvalue weighted by molar-refractivity contribution is -0.129. The summed E-state index contributed by atoms with van der Waals surface area (Å²) in [6.07, 6.45) is 2.91. The van der Waals surface area contributed by atoms with Crippen LogP contribution in [0.5, 0.6) is 5.75 Å². The molecule has 0 bridgehead atoms. The van der Waals surface area contributed by atoms with Gasteiger partial charge in [0.1, 0.15) is 5.75 Å². The lowest BCUT2D eigenvalue weighted by Crippen LogP contribution is -2.42. The lowest BCUT2D eigenvalue weighted by atomic mass is 9.99. The average Bonchev–Trinajstić information content (AvgIpc) is 2.73. The van der Waals surface area contributed by atoms with Crippen molar-refractivity contribution in [3.63, 3.8) is 0 Å². The van der Waals surface area contributed by atoms with E-state index in [2.05, 4.69) is 23.5 Å². The van der Waals surface area contributed by atoms with Gasteiger partial charge in [-0.05, 0) is 48.7 Å². The van der Waals surface area contributed by atoms with Crippen LogP contribution in [0.25, 0.3) is 5.57 Å². The predicted molar refractivity (Wildman–Crippen MR) is 106 cm³/mol. The molecule has 3 rings (SSSR count). The van der Waals surface area contributed by atoms with Crippen molar-refractivity contribution in [1.82, 2.24) is 10.2 Å². The molecule has 140 valence electrons. The molecule has 0 atom stereocenters. The summed E-state index contributed by atoms with van der Waals surface area (Å²) < 4.78 is 5.36. The van der Waals surface area contributed by atoms with Gasteiger partial charge >= 0.3 is 0 Å². The van der Waals surface area contributed by atoms with Crippen LogP contribution >= 0.6 is 0 Å². The first-order valence-corrected chi connectivity index (χ1v) is 9.20. The molecule has 1 aliphatic heterocycles. The highest BCUT2D eigenvalue weighted by Crippen LogP contribution is 2.21. The number of carbonyl (C=O) groups excluding carboxylic acids is 2. The van der Waals surface area contributed by atoms with Crippen molar-refractivity contribution in [2.75, 3.05) is 26.2 Å². The summed E-state index contributed by atoms with van der Waals surface area (Å²) in [5.41, 5.74) is 2.97. The Hall–Kier alpha value is -3.08. The van der Waals surface area contributed by atoms with Gasteiger partial charge in [-0.2, -0.15) is 0 Å². The largest absolute Gasteiger partial charge is 0.494 e. The third-order valence-electron chi connectivity index (χ3n) is 4.53. The van der Waals surface area contributed by atoms with Crippen LogP contribution in [-0.2, 0) is 4.79 Å². The fraction of sp³-hybridized carbons (Fsp3) is 0.273. The summed E-state index contributed by atoms with van der Waals surface area (Å²) in [6, 6.07) is 17.1. The maximum atomic E-state index is 12.4. The van der Waals surface area contributed by atoms with E-state index in [1.165, 1.54) is 11.1 Å². The van der Waals surface area contributed by atoms with Crippen molar-refractivity contribution in [1.29, 1.82) is 0 Å². The molecule has 0 fully saturated rings. The van der Waals surface area contributed by atoms with E-state index in [9.17, 15) is 9.59 Å². The molecular formula is C22H24N2O3. The molecule has 0 unspecified atom stereocenters. The molecule has 2 aromatic carbocycles. The third kappa shape index (κ3) is 4.97. The van der Waals surface area contributed by atoms with Crippen molar-refractivity contribution in [2.24, 2.45) is 0 Å². The first-order chi connectivity index (χ1) is 13.2. The van der Waals surface area contributed by atoms with Gasteiger partial charge in [0.2, 0.25) is 5.91 Å². The summed E-state index contributed by atoms with van der Waals surface area (Å²) >= 11 is 0. The van der Waals surface area contributed by atoms with E-state index in [1.54, 1.807) is 29.2 Å². The maximum absolute atomic E-state index is 12.4. The van der Waals surface area contributed by atoms with E-state index >= 15 is 0 Å². The van der Waals surface area contributed by atoms with Gasteiger partial charge in [-0.15, -0.1) is 0 Å². The normalized spacial score (nSPS) is 13.7. The number of ether oxygens (including phenoxy) is 1. The second-order valence-electron chi connectivity index (χ2n) is 6.33. The molecule has 1 heterocycles. The molecule has 1 aliphatic rings. The molecule has 27 heavy (non-hydrogen) atoms. The Morgan fingerprint density at radius 1 is 1.07 bits per heavy atom. The monoisotopic (exact) mass is 364 g/mol. The predicted octanol–water partition coefficient (Wildman–Crippen LogP) is 3.13. The van der Waals surface area contributed by atoms with Gasteiger partial charge in [-0.3, -0.25) is 9.59 Å². The molecule has 0 spiro atoms. The minimum atomic E-state index is -0.260. The molecule has 0 radical (unpaired) electrons. The van der Waals surface area contributed by atoms with Crippen LogP contribution in [0.15, 0.2) is 60.7 Å². The molecule has 2 amide bonds. The van der Waals surface area contributed by atoms with Crippen LogP contribution in [-0.4, -0.2) is 43.0 Å². The zero-order valence-electron chi connectivity index (χ0n) is 15.5. The van der Waals surface area contributed by atoms with Crippen molar-refractivity contribution < 1.29 is 14.3 Å². The van der Waals surface area contributed by atoms with Gasteiger partial charge in [0.25, 0.3) is 5.91 Å². The molecule has 0 saturated heterocycles. The van der Waals surface area contributed by atoms with Crippen molar-refractivity contribution in [2.45, 2.75) is 13.3 Å². The molecule has 5 heteroatoms. The van der Waals surface area contributed by atoms with E-state index < -0.39 is 0 Å². The Kier molecular flexibility index (Phi) is 6.26. The van der Waals surface area contributed by atoms with E-state index in [1.807, 2.05) is 25.1 Å². The second-order valence-corrected chi connectivity index (χ2v) is 6.33. The van der Waals surface area contributed by atoms with Crippen molar-refractivity contribution in [3.8, 4) is 5.75 Å². The number of rotatable bonds is 6. The average molecular weight is 364 g/mol. The SMILES string of the molecule is CCOc1ccc(C(=O)NCC(=O)N2CC=C(c3ccccc3)CC2)cc1. The summed E-state index contributed by atoms with van der Waals surface area (Å²) in [5.74, 6) is 0.390. The first kappa shape index (κ1) is 18.7. The van der Waals surface area contributed by atoms with Crippen LogP contribution in [0.3, 0.4) is 0 Å². The van der Waals surface area contributed by atoms with Gasteiger partial charge in [-0.25, -0.2) is 0 Å². The Balaban J connectivity index is 1.49. The Labute approximate surface area is 159 Å². The quantitative estimate of drug-likeness (QED) is 0.857. The van der Waals surface area contributed by atoms with Gasteiger partial charge in [0, 0.05) is 18.7 Å². The summed E-state index contributed by atoms with van der Waals surface area (Å²) in [7, 11) is 0. The topological polar surface area (TPSA) is 58.6 Å². The molecule has 1 N–H and O–H groups in total. The summed E-state index contributed by atoms with van der Waals surface area (Å²) in [5, 5.41) is 2.70. The Morgan fingerprint density at radius 2 is 1.81 bits per heavy atom. The van der Waals surface area contributed by atoms with E-state index in [0.717, 1.165) is 12.2 Å². The zero-order valence-corrected chi connectivity index (χ0v) is 15.5. The number of hydrogen-bond acceptors (Lipinski definition) is 3. The van der Waals surface area contributed by atoms with Crippen LogP contribution in [0.2, 0.25) is 0 Å². The maximum Gasteiger partial charge on any atom is 0.251 e. The van der Waals surface area contributed by atoms with E-state index in [0.29, 0.717) is 25.3 Å². The smallest absolute Gasteiger partial charge is 0.251 e. The number of nitrogens with one attached hydrogen (secondary N) is 1. The Bertz CT molecular complexity index is 813. The van der Waals surface area contributed by atoms with Gasteiger partial charge in [-0.1, -0.05) is 36.4 Å². The van der Waals surface area contributed by atoms with Crippen LogP contribution in [0.4, 0.5) is 0 Å². The highest BCUT2D eigenvalue weighted by Gasteiger charge is 2.18. The van der Waals surface area contributed by atoms with Crippen molar-refractivity contribution >= 4 is 17.4 Å². The molecule has 0 aliphatic carbocycles. The fourth-order valence-electron chi connectivity index (χ4n) is 3.05. The third-order valence-corrected chi connectivity index (χ3v) is 4.53. The van der Waals surface area contributed by atoms with Crippen LogP contribution in [0.1, 0.15) is 29.3 Å². The molecule has 5 nitrogen and oxygen atoms in total. The van der Waals surface area contributed by atoms with Gasteiger partial charge in [0.15, 0.2) is 0 Å². The molecule has 0 aromatic heterocycles. The number of hydrogen-bond donors (Lipinski definition) is 1. The minimum Gasteiger partial charge on any atom is -0.494 e. The van der Waals surface area contributed by atoms with Gasteiger partial charge in [0.05, 0.1) is 13.2 Å². The Morgan fingerprint density at radius 3 is 2.44 bits per heavy atom. The summed E-state index contributed by atoms with van der Waals surface area (Å²) in [4.78, 5) is 26.4. The highest BCUT2D eigenvalue weighted by atomic mass is 16.5. The van der Waals surface area contributed by atoms with Crippen molar-refractivity contribution in [3.05, 3.63) is 71.8 Å². The number of carbonyl (C=O) groups is 2. The molecule has 0 saturated carbocycles. The van der Waals surface area contributed by atoms with E-state index in [4.69, 9.17) is 4.74 Å². The molecule has 2 aromatic rings. The zero-order chi connectivity index (χ0) is 19.1. The number of benzene rings is 2. The second kappa shape index (κ2) is 9.03. The minimum absolute atomic E-state index is 0.000551. The standard InChI is InChI=1S/C22H24N2O3/c1-2-27-20-10-8-19(9-11-20)22(26)23-16-21(25)24-14-12-18(13-15-24)17-6-4-3-5-7-17/h3-12H,2,13-16H2,1H3,(H,23,26). The number of amides is 2. The van der Waals surface area contributed by atoms with Crippen LogP contribution < -0.4 is 10.1 Å². The van der Waals surface area contributed by atoms with Crippen LogP contribution in [0, 0.1) is 0 Å². The lowest BCUT2D eigenvalue weighted by Gasteiger charge is -2.26. The van der Waals surface area contributed by atoms with E-state index in [-0.39, 0.29) is 18.4 Å². The highest BCUT2D eigenvalue weighted by molar-refractivity contribution is 5.96. The fourth-order valence-corrected chi connectivity index (χ4v) is 3.05. The number of nitrogens with zero attached hydrogens (tertiary/aromatic N) is 1. The summed E-state index contributed by atoms with van der Waals surface area (Å²) in [6.45, 7) is 3.72. The molecular weight excluding hydrogens is 340 g/mol.